The SMILES string of the molecule is C=C1C=C2[C@H](CC[C@@]3(C)[C@H]([C@H](C)C/C=C/C(C)(C)OC)CC[C@]23C)[C@@]2(C)CC[C@H](O)C(C)(C)[C@H]12. The molecule has 4 aliphatic carbocycles. The van der Waals surface area contributed by atoms with Crippen molar-refractivity contribution in [2.75, 3.05) is 7.11 Å². The first-order valence-electron chi connectivity index (χ1n) is 14.0. The van der Waals surface area contributed by atoms with E-state index in [1.165, 1.54) is 31.3 Å². The normalized spacial score (nSPS) is 44.9. The lowest BCUT2D eigenvalue weighted by atomic mass is 9.40. The van der Waals surface area contributed by atoms with Crippen molar-refractivity contribution < 1.29 is 9.84 Å². The van der Waals surface area contributed by atoms with Crippen molar-refractivity contribution in [1.29, 1.82) is 0 Å². The zero-order valence-electron chi connectivity index (χ0n) is 23.6. The summed E-state index contributed by atoms with van der Waals surface area (Å²) in [5.74, 6) is 2.42. The molecule has 3 saturated carbocycles. The predicted molar refractivity (Wildman–Crippen MR) is 144 cm³/mol. The van der Waals surface area contributed by atoms with Gasteiger partial charge in [-0.15, -0.1) is 0 Å². The molecule has 0 spiro atoms. The summed E-state index contributed by atoms with van der Waals surface area (Å²) in [7, 11) is 1.79. The highest BCUT2D eigenvalue weighted by Crippen LogP contribution is 2.73. The molecule has 0 aromatic heterocycles. The third-order valence-corrected chi connectivity index (χ3v) is 12.0. The van der Waals surface area contributed by atoms with Crippen molar-refractivity contribution in [3.05, 3.63) is 36.0 Å². The van der Waals surface area contributed by atoms with Crippen LogP contribution in [0, 0.1) is 45.3 Å². The number of rotatable bonds is 5. The minimum absolute atomic E-state index is 0.108. The molecule has 3 fully saturated rings. The van der Waals surface area contributed by atoms with E-state index < -0.39 is 0 Å². The molecule has 8 atom stereocenters. The summed E-state index contributed by atoms with van der Waals surface area (Å²) in [6, 6.07) is 0. The second kappa shape index (κ2) is 8.34. The smallest absolute Gasteiger partial charge is 0.0802 e. The van der Waals surface area contributed by atoms with Gasteiger partial charge in [0.15, 0.2) is 0 Å². The van der Waals surface area contributed by atoms with Crippen molar-refractivity contribution >= 4 is 0 Å². The van der Waals surface area contributed by atoms with Crippen molar-refractivity contribution in [2.45, 2.75) is 112 Å². The van der Waals surface area contributed by atoms with Gasteiger partial charge in [0.25, 0.3) is 0 Å². The van der Waals surface area contributed by atoms with Gasteiger partial charge in [-0.1, -0.05) is 77.5 Å². The molecular formula is C32H52O2. The molecule has 4 aliphatic rings. The third kappa shape index (κ3) is 3.64. The molecule has 192 valence electrons. The van der Waals surface area contributed by atoms with Crippen LogP contribution >= 0.6 is 0 Å². The lowest BCUT2D eigenvalue weighted by Crippen LogP contribution is -2.58. The molecule has 2 nitrogen and oxygen atoms in total. The standard InChI is InChI=1S/C32H52O2/c1-21(12-11-16-28(3,4)34-10)23-13-18-32(9)25-20-22(2)27-29(5,6)26(33)15-17-30(27,7)24(25)14-19-31(23,32)8/h11,16,20-21,23-24,26-27,33H,2,12-15,17-19H2,1,3-10H3/b16-11+/t21-,23+,24+,26+,27+,30-,31+,32-/m1/s1. The lowest BCUT2D eigenvalue weighted by Gasteiger charge is -2.64. The van der Waals surface area contributed by atoms with Crippen LogP contribution in [0.5, 0.6) is 0 Å². The van der Waals surface area contributed by atoms with E-state index in [0.29, 0.717) is 23.2 Å². The summed E-state index contributed by atoms with van der Waals surface area (Å²) < 4.78 is 5.59. The first-order chi connectivity index (χ1) is 15.6. The first-order valence-corrected chi connectivity index (χ1v) is 14.0. The number of aliphatic hydroxyl groups is 1. The largest absolute Gasteiger partial charge is 0.393 e. The minimum Gasteiger partial charge on any atom is -0.393 e. The average Bonchev–Trinajstić information content (AvgIpc) is 3.02. The Morgan fingerprint density at radius 2 is 1.79 bits per heavy atom. The molecule has 34 heavy (non-hydrogen) atoms. The van der Waals surface area contributed by atoms with E-state index in [9.17, 15) is 5.11 Å². The predicted octanol–water partition coefficient (Wildman–Crippen LogP) is 8.13. The zero-order chi connectivity index (χ0) is 25.3. The molecule has 2 heteroatoms. The Morgan fingerprint density at radius 3 is 2.44 bits per heavy atom. The molecule has 4 rings (SSSR count). The molecule has 0 aromatic carbocycles. The van der Waals surface area contributed by atoms with E-state index >= 15 is 0 Å². The second-order valence-electron chi connectivity index (χ2n) is 14.4. The number of hydrogen-bond donors (Lipinski definition) is 1. The molecule has 0 unspecified atom stereocenters. The van der Waals surface area contributed by atoms with Gasteiger partial charge < -0.3 is 9.84 Å². The zero-order valence-corrected chi connectivity index (χ0v) is 23.6. The average molecular weight is 469 g/mol. The number of ether oxygens (including phenoxy) is 1. The van der Waals surface area contributed by atoms with Gasteiger partial charge >= 0.3 is 0 Å². The van der Waals surface area contributed by atoms with Crippen molar-refractivity contribution in [1.82, 2.24) is 0 Å². The van der Waals surface area contributed by atoms with Crippen LogP contribution < -0.4 is 0 Å². The maximum Gasteiger partial charge on any atom is 0.0802 e. The Bertz CT molecular complexity index is 877. The minimum atomic E-state index is -0.227. The van der Waals surface area contributed by atoms with Gasteiger partial charge in [0.1, 0.15) is 0 Å². The molecular weight excluding hydrogens is 416 g/mol. The van der Waals surface area contributed by atoms with Crippen LogP contribution in [0.3, 0.4) is 0 Å². The molecule has 0 bridgehead atoms. The van der Waals surface area contributed by atoms with E-state index in [1.54, 1.807) is 12.7 Å². The van der Waals surface area contributed by atoms with Crippen LogP contribution in [0.2, 0.25) is 0 Å². The fourth-order valence-electron chi connectivity index (χ4n) is 9.60. The van der Waals surface area contributed by atoms with Crippen molar-refractivity contribution in [2.24, 2.45) is 45.3 Å². The molecule has 1 N–H and O–H groups in total. The molecule has 0 heterocycles. The van der Waals surface area contributed by atoms with E-state index in [0.717, 1.165) is 25.2 Å². The number of aliphatic hydroxyl groups excluding tert-OH is 1. The van der Waals surface area contributed by atoms with Gasteiger partial charge in [-0.2, -0.15) is 0 Å². The molecule has 0 amide bonds. The van der Waals surface area contributed by atoms with Crippen LogP contribution in [0.15, 0.2) is 36.0 Å². The summed E-state index contributed by atoms with van der Waals surface area (Å²) in [4.78, 5) is 0. The monoisotopic (exact) mass is 468 g/mol. The number of fused-ring (bicyclic) bond motifs is 5. The quantitative estimate of drug-likeness (QED) is 0.413. The van der Waals surface area contributed by atoms with Gasteiger partial charge in [-0.25, -0.2) is 0 Å². The Labute approximate surface area is 210 Å². The fraction of sp³-hybridized carbons (Fsp3) is 0.812. The Balaban J connectivity index is 1.64. The molecule has 0 aromatic rings. The van der Waals surface area contributed by atoms with Crippen LogP contribution in [-0.2, 0) is 4.74 Å². The highest BCUT2D eigenvalue weighted by Gasteiger charge is 2.65. The number of hydrogen-bond acceptors (Lipinski definition) is 2. The summed E-state index contributed by atoms with van der Waals surface area (Å²) in [6.07, 6.45) is 15.3. The van der Waals surface area contributed by atoms with E-state index in [2.05, 4.69) is 80.2 Å². The third-order valence-electron chi connectivity index (χ3n) is 12.0. The number of allylic oxidation sites excluding steroid dienone is 4. The van der Waals surface area contributed by atoms with Crippen molar-refractivity contribution in [3.63, 3.8) is 0 Å². The van der Waals surface area contributed by atoms with E-state index in [4.69, 9.17) is 4.74 Å². The van der Waals surface area contributed by atoms with Gasteiger partial charge in [0.05, 0.1) is 11.7 Å². The van der Waals surface area contributed by atoms with E-state index in [1.807, 2.05) is 0 Å². The summed E-state index contributed by atoms with van der Waals surface area (Å²) in [5.41, 5.74) is 3.50. The summed E-state index contributed by atoms with van der Waals surface area (Å²) in [6.45, 7) is 23.7. The number of methoxy groups -OCH3 is 1. The van der Waals surface area contributed by atoms with Gasteiger partial charge in [0, 0.05) is 7.11 Å². The van der Waals surface area contributed by atoms with Crippen LogP contribution in [0.25, 0.3) is 0 Å². The summed E-state index contributed by atoms with van der Waals surface area (Å²) in [5, 5.41) is 10.9. The van der Waals surface area contributed by atoms with Crippen molar-refractivity contribution in [3.8, 4) is 0 Å². The van der Waals surface area contributed by atoms with Crippen LogP contribution in [0.4, 0.5) is 0 Å². The molecule has 0 saturated heterocycles. The maximum absolute atomic E-state index is 10.9. The lowest BCUT2D eigenvalue weighted by molar-refractivity contribution is -0.115. The van der Waals surface area contributed by atoms with E-state index in [-0.39, 0.29) is 27.9 Å². The first kappa shape index (κ1) is 26.2. The molecule has 0 aliphatic heterocycles. The maximum atomic E-state index is 10.9. The highest BCUT2D eigenvalue weighted by atomic mass is 16.5. The van der Waals surface area contributed by atoms with Gasteiger partial charge in [-0.3, -0.25) is 0 Å². The Hall–Kier alpha value is -0.860. The fourth-order valence-corrected chi connectivity index (χ4v) is 9.60. The Morgan fingerprint density at radius 1 is 1.12 bits per heavy atom. The topological polar surface area (TPSA) is 29.5 Å². The van der Waals surface area contributed by atoms with Crippen LogP contribution in [-0.4, -0.2) is 23.9 Å². The second-order valence-corrected chi connectivity index (χ2v) is 14.4. The van der Waals surface area contributed by atoms with Gasteiger partial charge in [0.2, 0.25) is 0 Å². The Kier molecular flexibility index (Phi) is 6.43. The highest BCUT2D eigenvalue weighted by molar-refractivity contribution is 5.42. The van der Waals surface area contributed by atoms with Crippen LogP contribution in [0.1, 0.15) is 100 Å². The summed E-state index contributed by atoms with van der Waals surface area (Å²) >= 11 is 0. The van der Waals surface area contributed by atoms with Gasteiger partial charge in [-0.05, 0) is 104 Å². The molecule has 0 radical (unpaired) electrons.